The Labute approximate surface area is 130 Å². The maximum absolute atomic E-state index is 13.5. The van der Waals surface area contributed by atoms with Crippen LogP contribution in [0.15, 0.2) is 18.2 Å². The number of benzene rings is 1. The second-order valence-electron chi connectivity index (χ2n) is 5.10. The third kappa shape index (κ3) is 6.22. The van der Waals surface area contributed by atoms with E-state index in [9.17, 15) is 14.0 Å². The van der Waals surface area contributed by atoms with Crippen LogP contribution in [-0.4, -0.2) is 31.6 Å². The minimum absolute atomic E-state index is 0.00297. The summed E-state index contributed by atoms with van der Waals surface area (Å²) in [6, 6.07) is 4.48. The van der Waals surface area contributed by atoms with Crippen LogP contribution in [0.25, 0.3) is 0 Å². The minimum atomic E-state index is -0.491. The maximum atomic E-state index is 13.5. The van der Waals surface area contributed by atoms with Crippen molar-refractivity contribution in [2.75, 3.05) is 19.0 Å². The van der Waals surface area contributed by atoms with Gasteiger partial charge in [0.2, 0.25) is 11.8 Å². The quantitative estimate of drug-likeness (QED) is 0.775. The van der Waals surface area contributed by atoms with Gasteiger partial charge in [0.25, 0.3) is 0 Å². The predicted molar refractivity (Wildman–Crippen MR) is 83.1 cm³/mol. The number of halogens is 1. The third-order valence-electron chi connectivity index (χ3n) is 3.29. The summed E-state index contributed by atoms with van der Waals surface area (Å²) < 4.78 is 18.7. The highest BCUT2D eigenvalue weighted by molar-refractivity contribution is 5.93. The van der Waals surface area contributed by atoms with E-state index in [-0.39, 0.29) is 30.5 Å². The summed E-state index contributed by atoms with van der Waals surface area (Å²) in [6.07, 6.45) is 0.825. The zero-order valence-electron chi connectivity index (χ0n) is 13.2. The van der Waals surface area contributed by atoms with E-state index in [0.29, 0.717) is 6.54 Å². The molecule has 0 spiro atoms. The number of carbonyl (C=O) groups is 2. The van der Waals surface area contributed by atoms with Gasteiger partial charge >= 0.3 is 0 Å². The Balaban J connectivity index is 2.36. The van der Waals surface area contributed by atoms with E-state index in [0.717, 1.165) is 12.0 Å². The van der Waals surface area contributed by atoms with Crippen molar-refractivity contribution in [1.29, 1.82) is 0 Å². The Bertz CT molecular complexity index is 516. The molecule has 0 saturated heterocycles. The largest absolute Gasteiger partial charge is 0.380 e. The van der Waals surface area contributed by atoms with Crippen LogP contribution in [0.5, 0.6) is 0 Å². The number of ether oxygens (including phenoxy) is 1. The number of nitrogens with one attached hydrogen (secondary N) is 2. The maximum Gasteiger partial charge on any atom is 0.224 e. The van der Waals surface area contributed by atoms with Gasteiger partial charge in [-0.3, -0.25) is 9.59 Å². The van der Waals surface area contributed by atoms with Crippen LogP contribution in [0, 0.1) is 12.7 Å². The molecule has 0 aliphatic heterocycles. The summed E-state index contributed by atoms with van der Waals surface area (Å²) in [7, 11) is 1.59. The number of hydrogen-bond donors (Lipinski definition) is 2. The molecule has 0 radical (unpaired) electrons. The Morgan fingerprint density at radius 1 is 1.27 bits per heavy atom. The highest BCUT2D eigenvalue weighted by atomic mass is 19.1. The van der Waals surface area contributed by atoms with Crippen LogP contribution in [0.4, 0.5) is 10.1 Å². The van der Waals surface area contributed by atoms with Gasteiger partial charge in [-0.15, -0.1) is 0 Å². The summed E-state index contributed by atoms with van der Waals surface area (Å²) in [5.74, 6) is -1.11. The molecular weight excluding hydrogens is 287 g/mol. The van der Waals surface area contributed by atoms with Crippen molar-refractivity contribution in [1.82, 2.24) is 5.32 Å². The zero-order valence-corrected chi connectivity index (χ0v) is 13.2. The molecule has 0 aromatic heterocycles. The molecule has 1 rings (SSSR count). The third-order valence-corrected chi connectivity index (χ3v) is 3.29. The first kappa shape index (κ1) is 18.1. The Morgan fingerprint density at radius 2 is 1.95 bits per heavy atom. The number of aryl methyl sites for hydroxylation is 1. The predicted octanol–water partition coefficient (Wildman–Crippen LogP) is 2.39. The molecule has 0 heterocycles. The minimum Gasteiger partial charge on any atom is -0.380 e. The van der Waals surface area contributed by atoms with Gasteiger partial charge in [0, 0.05) is 26.5 Å². The molecule has 0 aliphatic carbocycles. The summed E-state index contributed by atoms with van der Waals surface area (Å²) >= 11 is 0. The molecule has 22 heavy (non-hydrogen) atoms. The van der Waals surface area contributed by atoms with Crippen LogP contribution in [-0.2, 0) is 14.3 Å². The van der Waals surface area contributed by atoms with Crippen molar-refractivity contribution in [3.63, 3.8) is 0 Å². The molecule has 2 amide bonds. The van der Waals surface area contributed by atoms with Crippen LogP contribution in [0.3, 0.4) is 0 Å². The molecule has 0 fully saturated rings. The van der Waals surface area contributed by atoms with Crippen molar-refractivity contribution in [2.24, 2.45) is 0 Å². The van der Waals surface area contributed by atoms with Gasteiger partial charge in [-0.05, 0) is 31.0 Å². The monoisotopic (exact) mass is 310 g/mol. The van der Waals surface area contributed by atoms with Crippen molar-refractivity contribution in [2.45, 2.75) is 39.2 Å². The summed E-state index contributed by atoms with van der Waals surface area (Å²) in [5, 5.41) is 5.18. The topological polar surface area (TPSA) is 67.4 Å². The van der Waals surface area contributed by atoms with E-state index >= 15 is 0 Å². The second-order valence-corrected chi connectivity index (χ2v) is 5.10. The van der Waals surface area contributed by atoms with E-state index in [2.05, 4.69) is 10.6 Å². The van der Waals surface area contributed by atoms with Gasteiger partial charge in [0.15, 0.2) is 0 Å². The standard InChI is InChI=1S/C16H23FN2O3/c1-4-12(22-3)10-18-15(20)7-8-16(21)19-14-9-11(2)5-6-13(14)17/h5-6,9,12H,4,7-8,10H2,1-3H3,(H,18,20)(H,19,21)/t12-/m1/s1. The molecule has 2 N–H and O–H groups in total. The number of hydrogen-bond acceptors (Lipinski definition) is 3. The number of amides is 2. The molecule has 0 unspecified atom stereocenters. The molecule has 1 atom stereocenters. The highest BCUT2D eigenvalue weighted by Gasteiger charge is 2.11. The lowest BCUT2D eigenvalue weighted by molar-refractivity contribution is -0.124. The van der Waals surface area contributed by atoms with E-state index in [1.165, 1.54) is 6.07 Å². The van der Waals surface area contributed by atoms with Crippen LogP contribution >= 0.6 is 0 Å². The highest BCUT2D eigenvalue weighted by Crippen LogP contribution is 2.15. The SMILES string of the molecule is CC[C@H](CNC(=O)CCC(=O)Nc1cc(C)ccc1F)OC. The van der Waals surface area contributed by atoms with Crippen LogP contribution < -0.4 is 10.6 Å². The molecule has 0 saturated carbocycles. The molecule has 5 nitrogen and oxygen atoms in total. The Hall–Kier alpha value is -1.95. The molecule has 122 valence electrons. The van der Waals surface area contributed by atoms with Crippen LogP contribution in [0.1, 0.15) is 31.7 Å². The average Bonchev–Trinajstić information content (AvgIpc) is 2.50. The molecule has 0 bridgehead atoms. The fraction of sp³-hybridized carbons (Fsp3) is 0.500. The summed E-state index contributed by atoms with van der Waals surface area (Å²) in [5.41, 5.74) is 0.982. The van der Waals surface area contributed by atoms with Crippen molar-refractivity contribution in [3.05, 3.63) is 29.6 Å². The van der Waals surface area contributed by atoms with E-state index in [1.54, 1.807) is 19.2 Å². The summed E-state index contributed by atoms with van der Waals surface area (Å²) in [6.45, 7) is 4.19. The Morgan fingerprint density at radius 3 is 2.59 bits per heavy atom. The molecule has 1 aromatic carbocycles. The van der Waals surface area contributed by atoms with E-state index in [4.69, 9.17) is 4.74 Å². The number of methoxy groups -OCH3 is 1. The van der Waals surface area contributed by atoms with Gasteiger partial charge in [-0.2, -0.15) is 0 Å². The number of carbonyl (C=O) groups excluding carboxylic acids is 2. The first-order valence-corrected chi connectivity index (χ1v) is 7.31. The van der Waals surface area contributed by atoms with Crippen molar-refractivity contribution in [3.8, 4) is 0 Å². The van der Waals surface area contributed by atoms with Gasteiger partial charge in [0.1, 0.15) is 5.82 Å². The van der Waals surface area contributed by atoms with Gasteiger partial charge in [-0.25, -0.2) is 4.39 Å². The lowest BCUT2D eigenvalue weighted by Gasteiger charge is -2.13. The molecule has 0 aliphatic rings. The van der Waals surface area contributed by atoms with E-state index < -0.39 is 11.7 Å². The molecule has 6 heteroatoms. The van der Waals surface area contributed by atoms with Gasteiger partial charge < -0.3 is 15.4 Å². The lowest BCUT2D eigenvalue weighted by Crippen LogP contribution is -2.33. The van der Waals surface area contributed by atoms with Crippen molar-refractivity contribution < 1.29 is 18.7 Å². The van der Waals surface area contributed by atoms with Crippen LogP contribution in [0.2, 0.25) is 0 Å². The lowest BCUT2D eigenvalue weighted by atomic mass is 10.2. The first-order valence-electron chi connectivity index (χ1n) is 7.31. The second kappa shape index (κ2) is 9.15. The van der Waals surface area contributed by atoms with Crippen molar-refractivity contribution >= 4 is 17.5 Å². The van der Waals surface area contributed by atoms with Gasteiger partial charge in [-0.1, -0.05) is 13.0 Å². The average molecular weight is 310 g/mol. The molecular formula is C16H23FN2O3. The normalized spacial score (nSPS) is 11.8. The Kier molecular flexibility index (Phi) is 7.52. The number of rotatable bonds is 8. The fourth-order valence-corrected chi connectivity index (χ4v) is 1.89. The van der Waals surface area contributed by atoms with E-state index in [1.807, 2.05) is 13.8 Å². The molecule has 1 aromatic rings. The number of anilines is 1. The van der Waals surface area contributed by atoms with Gasteiger partial charge in [0.05, 0.1) is 11.8 Å². The smallest absolute Gasteiger partial charge is 0.224 e. The fourth-order valence-electron chi connectivity index (χ4n) is 1.89. The first-order chi connectivity index (χ1) is 10.5. The summed E-state index contributed by atoms with van der Waals surface area (Å²) in [4.78, 5) is 23.4. The zero-order chi connectivity index (χ0) is 16.5.